The van der Waals surface area contributed by atoms with Crippen LogP contribution in [-0.4, -0.2) is 42.2 Å². The number of piperidine rings is 1. The normalized spacial score (nSPS) is 19.1. The lowest BCUT2D eigenvalue weighted by atomic mass is 9.98. The Morgan fingerprint density at radius 3 is 3.05 bits per heavy atom. The minimum absolute atomic E-state index is 0.00352. The van der Waals surface area contributed by atoms with Crippen LogP contribution in [0.2, 0.25) is 10.0 Å². The Hall–Kier alpha value is -1.04. The standard InChI is InChI=1S/C13H17Cl2N3O2/c14-10-4-11(15)13(17-6-10)18-3-1-2-9(8-18)5-16-7-12(19)20/h4,6,9,16H,1-3,5,7-8H2,(H,19,20). The summed E-state index contributed by atoms with van der Waals surface area (Å²) in [6.07, 6.45) is 3.71. The van der Waals surface area contributed by atoms with Gasteiger partial charge >= 0.3 is 5.97 Å². The van der Waals surface area contributed by atoms with Crippen molar-refractivity contribution in [2.45, 2.75) is 12.8 Å². The second kappa shape index (κ2) is 7.11. The van der Waals surface area contributed by atoms with E-state index in [1.54, 1.807) is 12.3 Å². The van der Waals surface area contributed by atoms with Gasteiger partial charge in [-0.2, -0.15) is 0 Å². The number of nitrogens with zero attached hydrogens (tertiary/aromatic N) is 2. The van der Waals surface area contributed by atoms with Gasteiger partial charge in [-0.1, -0.05) is 23.2 Å². The zero-order chi connectivity index (χ0) is 14.5. The zero-order valence-electron chi connectivity index (χ0n) is 11.0. The molecule has 0 amide bonds. The second-order valence-electron chi connectivity index (χ2n) is 4.94. The topological polar surface area (TPSA) is 65.5 Å². The van der Waals surface area contributed by atoms with Crippen LogP contribution in [0.5, 0.6) is 0 Å². The van der Waals surface area contributed by atoms with E-state index >= 15 is 0 Å². The van der Waals surface area contributed by atoms with Gasteiger partial charge in [0.2, 0.25) is 0 Å². The minimum Gasteiger partial charge on any atom is -0.480 e. The van der Waals surface area contributed by atoms with Crippen molar-refractivity contribution in [3.63, 3.8) is 0 Å². The van der Waals surface area contributed by atoms with Crippen molar-refractivity contribution in [3.05, 3.63) is 22.3 Å². The highest BCUT2D eigenvalue weighted by Gasteiger charge is 2.22. The molecule has 1 aliphatic heterocycles. The maximum absolute atomic E-state index is 10.5. The Labute approximate surface area is 127 Å². The smallest absolute Gasteiger partial charge is 0.317 e. The van der Waals surface area contributed by atoms with E-state index in [4.69, 9.17) is 28.3 Å². The number of hydrogen-bond donors (Lipinski definition) is 2. The molecule has 1 aromatic rings. The van der Waals surface area contributed by atoms with Crippen molar-refractivity contribution in [2.24, 2.45) is 5.92 Å². The number of aromatic nitrogens is 1. The van der Waals surface area contributed by atoms with Crippen LogP contribution in [-0.2, 0) is 4.79 Å². The molecule has 1 fully saturated rings. The Balaban J connectivity index is 1.94. The van der Waals surface area contributed by atoms with Gasteiger partial charge < -0.3 is 15.3 Å². The quantitative estimate of drug-likeness (QED) is 0.872. The first-order chi connectivity index (χ1) is 9.56. The molecule has 0 aliphatic carbocycles. The van der Waals surface area contributed by atoms with E-state index < -0.39 is 5.97 Å². The van der Waals surface area contributed by atoms with Gasteiger partial charge in [0.1, 0.15) is 5.82 Å². The fraction of sp³-hybridized carbons (Fsp3) is 0.538. The van der Waals surface area contributed by atoms with E-state index in [-0.39, 0.29) is 6.54 Å². The number of carbonyl (C=O) groups is 1. The van der Waals surface area contributed by atoms with Crippen molar-refractivity contribution < 1.29 is 9.90 Å². The minimum atomic E-state index is -0.833. The summed E-state index contributed by atoms with van der Waals surface area (Å²) < 4.78 is 0. The molecule has 2 heterocycles. The third kappa shape index (κ3) is 4.23. The van der Waals surface area contributed by atoms with Crippen molar-refractivity contribution in [1.29, 1.82) is 0 Å². The molecule has 1 atom stereocenters. The molecule has 0 radical (unpaired) electrons. The molecule has 5 nitrogen and oxygen atoms in total. The van der Waals surface area contributed by atoms with E-state index in [2.05, 4.69) is 15.2 Å². The maximum atomic E-state index is 10.5. The van der Waals surface area contributed by atoms with Crippen LogP contribution in [0.25, 0.3) is 0 Å². The van der Waals surface area contributed by atoms with Crippen molar-refractivity contribution in [2.75, 3.05) is 31.1 Å². The number of carboxylic acids is 1. The number of nitrogens with one attached hydrogen (secondary N) is 1. The highest BCUT2D eigenvalue weighted by atomic mass is 35.5. The Morgan fingerprint density at radius 1 is 1.55 bits per heavy atom. The molecule has 1 aromatic heterocycles. The highest BCUT2D eigenvalue weighted by molar-refractivity contribution is 6.36. The highest BCUT2D eigenvalue weighted by Crippen LogP contribution is 2.29. The fourth-order valence-electron chi connectivity index (χ4n) is 2.45. The molecular formula is C13H17Cl2N3O2. The van der Waals surface area contributed by atoms with Gasteiger partial charge in [-0.15, -0.1) is 0 Å². The number of aliphatic carboxylic acids is 1. The van der Waals surface area contributed by atoms with E-state index in [0.717, 1.165) is 31.7 Å². The molecule has 0 spiro atoms. The Morgan fingerprint density at radius 2 is 2.35 bits per heavy atom. The molecular weight excluding hydrogens is 301 g/mol. The monoisotopic (exact) mass is 317 g/mol. The van der Waals surface area contributed by atoms with Gasteiger partial charge in [0.05, 0.1) is 16.6 Å². The lowest BCUT2D eigenvalue weighted by Crippen LogP contribution is -2.41. The number of pyridine rings is 1. The number of carboxylic acid groups (broad SMARTS) is 1. The lowest BCUT2D eigenvalue weighted by Gasteiger charge is -2.34. The summed E-state index contributed by atoms with van der Waals surface area (Å²) in [6, 6.07) is 1.69. The van der Waals surface area contributed by atoms with Crippen molar-refractivity contribution in [1.82, 2.24) is 10.3 Å². The first-order valence-corrected chi connectivity index (χ1v) is 7.30. The fourth-order valence-corrected chi connectivity index (χ4v) is 2.95. The second-order valence-corrected chi connectivity index (χ2v) is 5.78. The van der Waals surface area contributed by atoms with Gasteiger partial charge in [-0.05, 0) is 24.8 Å². The molecule has 2 rings (SSSR count). The summed E-state index contributed by atoms with van der Waals surface area (Å²) in [6.45, 7) is 2.41. The van der Waals surface area contributed by atoms with Gasteiger partial charge in [0.15, 0.2) is 0 Å². The van der Waals surface area contributed by atoms with Crippen molar-refractivity contribution in [3.8, 4) is 0 Å². The number of halogens is 2. The summed E-state index contributed by atoms with van der Waals surface area (Å²) in [7, 11) is 0. The summed E-state index contributed by atoms with van der Waals surface area (Å²) in [4.78, 5) is 16.9. The van der Waals surface area contributed by atoms with Gasteiger partial charge in [0.25, 0.3) is 0 Å². The number of rotatable bonds is 5. The summed E-state index contributed by atoms with van der Waals surface area (Å²) >= 11 is 12.0. The average Bonchev–Trinajstić information content (AvgIpc) is 2.38. The Bertz CT molecular complexity index is 485. The first-order valence-electron chi connectivity index (χ1n) is 6.54. The predicted molar refractivity (Wildman–Crippen MR) is 79.7 cm³/mol. The third-order valence-electron chi connectivity index (χ3n) is 3.32. The van der Waals surface area contributed by atoms with Gasteiger partial charge in [0, 0.05) is 25.8 Å². The predicted octanol–water partition coefficient (Wildman–Crippen LogP) is 2.28. The zero-order valence-corrected chi connectivity index (χ0v) is 12.5. The van der Waals surface area contributed by atoms with Crippen LogP contribution in [0.1, 0.15) is 12.8 Å². The third-order valence-corrected chi connectivity index (χ3v) is 3.80. The average molecular weight is 318 g/mol. The molecule has 110 valence electrons. The van der Waals surface area contributed by atoms with E-state index in [1.165, 1.54) is 0 Å². The lowest BCUT2D eigenvalue weighted by molar-refractivity contribution is -0.136. The summed E-state index contributed by atoms with van der Waals surface area (Å²) in [5.74, 6) is 0.315. The van der Waals surface area contributed by atoms with Crippen LogP contribution in [0, 0.1) is 5.92 Å². The van der Waals surface area contributed by atoms with Crippen molar-refractivity contribution >= 4 is 35.0 Å². The molecule has 0 bridgehead atoms. The van der Waals surface area contributed by atoms with Crippen LogP contribution in [0.15, 0.2) is 12.3 Å². The molecule has 7 heteroatoms. The molecule has 1 aliphatic rings. The molecule has 1 saturated heterocycles. The maximum Gasteiger partial charge on any atom is 0.317 e. The van der Waals surface area contributed by atoms with Gasteiger partial charge in [-0.25, -0.2) is 4.98 Å². The SMILES string of the molecule is O=C(O)CNCC1CCCN(c2ncc(Cl)cc2Cl)C1. The number of hydrogen-bond acceptors (Lipinski definition) is 4. The molecule has 1 unspecified atom stereocenters. The van der Waals surface area contributed by atoms with E-state index in [1.807, 2.05) is 0 Å². The summed E-state index contributed by atoms with van der Waals surface area (Å²) in [5.41, 5.74) is 0. The summed E-state index contributed by atoms with van der Waals surface area (Å²) in [5, 5.41) is 12.6. The van der Waals surface area contributed by atoms with Crippen LogP contribution < -0.4 is 10.2 Å². The molecule has 20 heavy (non-hydrogen) atoms. The molecule has 0 saturated carbocycles. The van der Waals surface area contributed by atoms with Crippen LogP contribution in [0.3, 0.4) is 0 Å². The van der Waals surface area contributed by atoms with Gasteiger partial charge in [-0.3, -0.25) is 4.79 Å². The molecule has 2 N–H and O–H groups in total. The van der Waals surface area contributed by atoms with E-state index in [9.17, 15) is 4.79 Å². The first kappa shape index (κ1) is 15.4. The largest absolute Gasteiger partial charge is 0.480 e. The number of anilines is 1. The van der Waals surface area contributed by atoms with E-state index in [0.29, 0.717) is 22.5 Å². The van der Waals surface area contributed by atoms with Crippen LogP contribution in [0.4, 0.5) is 5.82 Å². The Kier molecular flexibility index (Phi) is 5.46. The van der Waals surface area contributed by atoms with Crippen LogP contribution >= 0.6 is 23.2 Å². The molecule has 0 aromatic carbocycles.